The lowest BCUT2D eigenvalue weighted by atomic mass is 10.1. The summed E-state index contributed by atoms with van der Waals surface area (Å²) in [6.07, 6.45) is 0. The normalized spacial score (nSPS) is 10.8. The molecule has 2 aromatic heterocycles. The Balaban J connectivity index is 1.71. The van der Waals surface area contributed by atoms with Crippen molar-refractivity contribution in [2.75, 3.05) is 14.2 Å². The lowest BCUT2D eigenvalue weighted by Crippen LogP contribution is -1.93. The third-order valence-corrected chi connectivity index (χ3v) is 4.21. The van der Waals surface area contributed by atoms with Crippen LogP contribution in [0, 0.1) is 6.92 Å². The zero-order valence-electron chi connectivity index (χ0n) is 15.2. The third-order valence-electron chi connectivity index (χ3n) is 4.21. The first kappa shape index (κ1) is 16.9. The number of methoxy groups -OCH3 is 2. The molecule has 136 valence electrons. The number of benzene rings is 2. The highest BCUT2D eigenvalue weighted by Gasteiger charge is 2.16. The number of aryl methyl sites for hydroxylation is 1. The number of para-hydroxylation sites is 1. The monoisotopic (exact) mass is 362 g/mol. The number of pyridine rings is 1. The van der Waals surface area contributed by atoms with E-state index >= 15 is 0 Å². The first-order chi connectivity index (χ1) is 13.2. The number of rotatable bonds is 5. The predicted molar refractivity (Wildman–Crippen MR) is 102 cm³/mol. The smallest absolute Gasteiger partial charge is 0.261 e. The van der Waals surface area contributed by atoms with E-state index in [1.54, 1.807) is 20.3 Å². The summed E-state index contributed by atoms with van der Waals surface area (Å²) in [6.45, 7) is 1.99. The van der Waals surface area contributed by atoms with Crippen LogP contribution in [0.1, 0.15) is 5.56 Å². The maximum atomic E-state index is 5.87. The Bertz CT molecular complexity index is 1100. The van der Waals surface area contributed by atoms with Crippen LogP contribution < -0.4 is 14.2 Å². The number of hydrogen-bond donors (Lipinski definition) is 0. The zero-order chi connectivity index (χ0) is 18.8. The van der Waals surface area contributed by atoms with E-state index < -0.39 is 0 Å². The maximum absolute atomic E-state index is 5.87. The highest BCUT2D eigenvalue weighted by Crippen LogP contribution is 2.36. The summed E-state index contributed by atoms with van der Waals surface area (Å²) in [5.74, 6) is 2.34. The van der Waals surface area contributed by atoms with Crippen molar-refractivity contribution in [3.05, 3.63) is 60.2 Å². The van der Waals surface area contributed by atoms with Crippen molar-refractivity contribution in [1.29, 1.82) is 0 Å². The van der Waals surface area contributed by atoms with Crippen molar-refractivity contribution in [1.82, 2.24) is 10.1 Å². The van der Waals surface area contributed by atoms with Crippen molar-refractivity contribution in [3.63, 3.8) is 0 Å². The Morgan fingerprint density at radius 3 is 2.48 bits per heavy atom. The summed E-state index contributed by atoms with van der Waals surface area (Å²) < 4.78 is 22.1. The quantitative estimate of drug-likeness (QED) is 0.497. The Morgan fingerprint density at radius 2 is 1.67 bits per heavy atom. The topological polar surface area (TPSA) is 66.6 Å². The summed E-state index contributed by atoms with van der Waals surface area (Å²) in [4.78, 5) is 4.42. The SMILES string of the molecule is COc1cc(C)ccc1Oc1ccc2c(-c3ccccc3OC)noc2n1. The summed E-state index contributed by atoms with van der Waals surface area (Å²) in [6, 6.07) is 17.0. The van der Waals surface area contributed by atoms with Crippen molar-refractivity contribution in [3.8, 4) is 34.4 Å². The molecule has 0 fully saturated rings. The zero-order valence-corrected chi connectivity index (χ0v) is 15.2. The third kappa shape index (κ3) is 3.17. The molecule has 2 aromatic carbocycles. The molecule has 0 aliphatic heterocycles. The van der Waals surface area contributed by atoms with E-state index in [-0.39, 0.29) is 0 Å². The number of aromatic nitrogens is 2. The molecule has 0 amide bonds. The molecule has 0 radical (unpaired) electrons. The fraction of sp³-hybridized carbons (Fsp3) is 0.143. The minimum absolute atomic E-state index is 0.388. The van der Waals surface area contributed by atoms with Crippen molar-refractivity contribution in [2.24, 2.45) is 0 Å². The highest BCUT2D eigenvalue weighted by atomic mass is 16.5. The van der Waals surface area contributed by atoms with E-state index in [0.717, 1.165) is 22.3 Å². The van der Waals surface area contributed by atoms with Crippen LogP contribution in [0.25, 0.3) is 22.4 Å². The minimum atomic E-state index is 0.388. The molecule has 0 bridgehead atoms. The van der Waals surface area contributed by atoms with Crippen LogP contribution in [0.2, 0.25) is 0 Å². The molecule has 0 N–H and O–H groups in total. The highest BCUT2D eigenvalue weighted by molar-refractivity contribution is 5.91. The molecule has 2 heterocycles. The number of fused-ring (bicyclic) bond motifs is 1. The second kappa shape index (κ2) is 6.99. The number of hydrogen-bond acceptors (Lipinski definition) is 6. The Hall–Kier alpha value is -3.54. The van der Waals surface area contributed by atoms with Crippen LogP contribution in [0.15, 0.2) is 59.1 Å². The van der Waals surface area contributed by atoms with Crippen molar-refractivity contribution in [2.45, 2.75) is 6.92 Å². The molecule has 27 heavy (non-hydrogen) atoms. The lowest BCUT2D eigenvalue weighted by Gasteiger charge is -2.10. The molecule has 4 rings (SSSR count). The average molecular weight is 362 g/mol. The molecule has 0 saturated heterocycles. The van der Waals surface area contributed by atoms with Gasteiger partial charge in [-0.05, 0) is 42.8 Å². The molecule has 0 saturated carbocycles. The maximum Gasteiger partial charge on any atom is 0.261 e. The largest absolute Gasteiger partial charge is 0.496 e. The van der Waals surface area contributed by atoms with Gasteiger partial charge in [0.15, 0.2) is 11.5 Å². The molecular weight excluding hydrogens is 344 g/mol. The van der Waals surface area contributed by atoms with Crippen LogP contribution in [-0.4, -0.2) is 24.4 Å². The fourth-order valence-corrected chi connectivity index (χ4v) is 2.87. The van der Waals surface area contributed by atoms with Gasteiger partial charge in [0.2, 0.25) is 5.88 Å². The molecule has 6 heteroatoms. The summed E-state index contributed by atoms with van der Waals surface area (Å²) >= 11 is 0. The second-order valence-corrected chi connectivity index (χ2v) is 5.99. The van der Waals surface area contributed by atoms with E-state index in [4.69, 9.17) is 18.7 Å². The van der Waals surface area contributed by atoms with Gasteiger partial charge in [-0.25, -0.2) is 0 Å². The van der Waals surface area contributed by atoms with Gasteiger partial charge in [-0.2, -0.15) is 4.98 Å². The van der Waals surface area contributed by atoms with Gasteiger partial charge in [-0.15, -0.1) is 0 Å². The van der Waals surface area contributed by atoms with Crippen LogP contribution in [-0.2, 0) is 0 Å². The van der Waals surface area contributed by atoms with Crippen LogP contribution in [0.3, 0.4) is 0 Å². The van der Waals surface area contributed by atoms with Gasteiger partial charge >= 0.3 is 0 Å². The molecule has 0 aliphatic carbocycles. The molecular formula is C21H18N2O4. The van der Waals surface area contributed by atoms with Gasteiger partial charge in [-0.1, -0.05) is 23.4 Å². The van der Waals surface area contributed by atoms with Gasteiger partial charge in [0.05, 0.1) is 19.6 Å². The Labute approximate surface area is 156 Å². The van der Waals surface area contributed by atoms with Crippen LogP contribution in [0.4, 0.5) is 0 Å². The number of ether oxygens (including phenoxy) is 3. The van der Waals surface area contributed by atoms with Gasteiger partial charge in [0.1, 0.15) is 11.4 Å². The van der Waals surface area contributed by atoms with Gasteiger partial charge in [0, 0.05) is 11.6 Å². The first-order valence-electron chi connectivity index (χ1n) is 8.42. The summed E-state index contributed by atoms with van der Waals surface area (Å²) in [5, 5.41) is 4.95. The van der Waals surface area contributed by atoms with E-state index in [0.29, 0.717) is 28.8 Å². The van der Waals surface area contributed by atoms with E-state index in [9.17, 15) is 0 Å². The summed E-state index contributed by atoms with van der Waals surface area (Å²) in [7, 11) is 3.23. The molecule has 0 aliphatic rings. The van der Waals surface area contributed by atoms with E-state index in [1.807, 2.05) is 55.5 Å². The second-order valence-electron chi connectivity index (χ2n) is 5.99. The van der Waals surface area contributed by atoms with Crippen LogP contribution >= 0.6 is 0 Å². The Kier molecular flexibility index (Phi) is 4.38. The Morgan fingerprint density at radius 1 is 0.852 bits per heavy atom. The number of nitrogens with zero attached hydrogens (tertiary/aromatic N) is 2. The minimum Gasteiger partial charge on any atom is -0.496 e. The van der Waals surface area contributed by atoms with Gasteiger partial charge in [-0.3, -0.25) is 0 Å². The first-order valence-corrected chi connectivity index (χ1v) is 8.42. The predicted octanol–water partition coefficient (Wildman–Crippen LogP) is 5.01. The molecule has 0 spiro atoms. The standard InChI is InChI=1S/C21H18N2O4/c1-13-8-10-17(18(12-13)25-3)26-19-11-9-15-20(23-27-21(15)22-19)14-6-4-5-7-16(14)24-2/h4-12H,1-3H3. The van der Waals surface area contributed by atoms with Gasteiger partial charge in [0.25, 0.3) is 5.71 Å². The van der Waals surface area contributed by atoms with Crippen molar-refractivity contribution < 1.29 is 18.7 Å². The summed E-state index contributed by atoms with van der Waals surface area (Å²) in [5.41, 5.74) is 2.99. The molecule has 6 nitrogen and oxygen atoms in total. The van der Waals surface area contributed by atoms with E-state index in [2.05, 4.69) is 10.1 Å². The van der Waals surface area contributed by atoms with Crippen LogP contribution in [0.5, 0.6) is 23.1 Å². The molecule has 4 aromatic rings. The fourth-order valence-electron chi connectivity index (χ4n) is 2.87. The van der Waals surface area contributed by atoms with Gasteiger partial charge < -0.3 is 18.7 Å². The molecule has 0 unspecified atom stereocenters. The molecule has 0 atom stereocenters. The van der Waals surface area contributed by atoms with Crippen molar-refractivity contribution >= 4 is 11.1 Å². The van der Waals surface area contributed by atoms with E-state index in [1.165, 1.54) is 0 Å². The lowest BCUT2D eigenvalue weighted by molar-refractivity contribution is 0.372. The average Bonchev–Trinajstić information content (AvgIpc) is 3.12.